The maximum atomic E-state index is 13.5. The van der Waals surface area contributed by atoms with Crippen molar-refractivity contribution >= 4 is 16.7 Å². The first-order valence-corrected chi connectivity index (χ1v) is 6.40. The molecule has 0 amide bonds. The Morgan fingerprint density at radius 2 is 1.85 bits per heavy atom. The molecule has 2 aromatic carbocycles. The Morgan fingerprint density at radius 3 is 2.65 bits per heavy atom. The van der Waals surface area contributed by atoms with Crippen LogP contribution in [0.25, 0.3) is 22.3 Å². The van der Waals surface area contributed by atoms with Gasteiger partial charge in [-0.15, -0.1) is 0 Å². The summed E-state index contributed by atoms with van der Waals surface area (Å²) in [6, 6.07) is 12.4. The van der Waals surface area contributed by atoms with Crippen LogP contribution in [0.4, 0.5) is 10.2 Å². The molecule has 0 spiro atoms. The van der Waals surface area contributed by atoms with E-state index >= 15 is 0 Å². The van der Waals surface area contributed by atoms with Gasteiger partial charge in [0, 0.05) is 18.0 Å². The van der Waals surface area contributed by atoms with Gasteiger partial charge in [0.2, 0.25) is 0 Å². The number of rotatable bonds is 2. The highest BCUT2D eigenvalue weighted by molar-refractivity contribution is 5.90. The van der Waals surface area contributed by atoms with E-state index in [1.807, 2.05) is 38.2 Å². The summed E-state index contributed by atoms with van der Waals surface area (Å²) in [6.07, 6.45) is 0. The lowest BCUT2D eigenvalue weighted by Crippen LogP contribution is -1.99. The lowest BCUT2D eigenvalue weighted by atomic mass is 10.1. The number of para-hydroxylation sites is 1. The molecule has 3 nitrogen and oxygen atoms in total. The first kappa shape index (κ1) is 12.5. The Balaban J connectivity index is 2.29. The van der Waals surface area contributed by atoms with Crippen LogP contribution in [0.5, 0.6) is 0 Å². The van der Waals surface area contributed by atoms with Gasteiger partial charge in [-0.2, -0.15) is 0 Å². The average molecular weight is 267 g/mol. The highest BCUT2D eigenvalue weighted by Crippen LogP contribution is 2.26. The molecule has 1 N–H and O–H groups in total. The highest BCUT2D eigenvalue weighted by atomic mass is 19.1. The van der Waals surface area contributed by atoms with Gasteiger partial charge in [0.15, 0.2) is 5.82 Å². The van der Waals surface area contributed by atoms with E-state index in [1.165, 1.54) is 12.1 Å². The van der Waals surface area contributed by atoms with E-state index in [-0.39, 0.29) is 5.82 Å². The third kappa shape index (κ3) is 2.09. The van der Waals surface area contributed by atoms with E-state index in [1.54, 1.807) is 6.07 Å². The summed E-state index contributed by atoms with van der Waals surface area (Å²) in [4.78, 5) is 9.04. The molecule has 3 aromatic rings. The minimum Gasteiger partial charge on any atom is -0.373 e. The molecule has 100 valence electrons. The SMILES string of the molecule is CNc1nc(-c2cc(F)ccc2C)nc2ccccc12. The van der Waals surface area contributed by atoms with Gasteiger partial charge in [-0.25, -0.2) is 14.4 Å². The van der Waals surface area contributed by atoms with Gasteiger partial charge in [0.25, 0.3) is 0 Å². The van der Waals surface area contributed by atoms with Crippen LogP contribution >= 0.6 is 0 Å². The second-order valence-electron chi connectivity index (χ2n) is 4.62. The van der Waals surface area contributed by atoms with Gasteiger partial charge in [0.05, 0.1) is 5.52 Å². The molecular weight excluding hydrogens is 253 g/mol. The van der Waals surface area contributed by atoms with Crippen LogP contribution in [0.1, 0.15) is 5.56 Å². The number of hydrogen-bond acceptors (Lipinski definition) is 3. The van der Waals surface area contributed by atoms with Crippen molar-refractivity contribution in [1.82, 2.24) is 9.97 Å². The number of hydrogen-bond donors (Lipinski definition) is 1. The van der Waals surface area contributed by atoms with Crippen molar-refractivity contribution in [2.75, 3.05) is 12.4 Å². The van der Waals surface area contributed by atoms with Crippen LogP contribution < -0.4 is 5.32 Å². The van der Waals surface area contributed by atoms with Crippen molar-refractivity contribution in [2.45, 2.75) is 6.92 Å². The van der Waals surface area contributed by atoms with E-state index in [9.17, 15) is 4.39 Å². The number of benzene rings is 2. The zero-order valence-corrected chi connectivity index (χ0v) is 11.3. The lowest BCUT2D eigenvalue weighted by Gasteiger charge is -2.09. The summed E-state index contributed by atoms with van der Waals surface area (Å²) in [5, 5.41) is 4.02. The van der Waals surface area contributed by atoms with E-state index in [0.717, 1.165) is 22.3 Å². The molecule has 3 rings (SSSR count). The second kappa shape index (κ2) is 4.89. The van der Waals surface area contributed by atoms with Crippen LogP contribution in [0.15, 0.2) is 42.5 Å². The van der Waals surface area contributed by atoms with Gasteiger partial charge in [-0.1, -0.05) is 18.2 Å². The summed E-state index contributed by atoms with van der Waals surface area (Å²) in [5.41, 5.74) is 2.50. The molecule has 0 saturated heterocycles. The first-order valence-electron chi connectivity index (χ1n) is 6.40. The van der Waals surface area contributed by atoms with Crippen molar-refractivity contribution in [1.29, 1.82) is 0 Å². The monoisotopic (exact) mass is 267 g/mol. The number of nitrogens with zero attached hydrogens (tertiary/aromatic N) is 2. The van der Waals surface area contributed by atoms with E-state index in [0.29, 0.717) is 11.4 Å². The van der Waals surface area contributed by atoms with Crippen LogP contribution in [0.3, 0.4) is 0 Å². The molecule has 0 aliphatic carbocycles. The van der Waals surface area contributed by atoms with Crippen LogP contribution in [0.2, 0.25) is 0 Å². The molecule has 0 fully saturated rings. The smallest absolute Gasteiger partial charge is 0.162 e. The predicted molar refractivity (Wildman–Crippen MR) is 79.2 cm³/mol. The van der Waals surface area contributed by atoms with Crippen molar-refractivity contribution in [3.05, 3.63) is 53.8 Å². The zero-order chi connectivity index (χ0) is 14.1. The van der Waals surface area contributed by atoms with Gasteiger partial charge in [-0.05, 0) is 36.8 Å². The van der Waals surface area contributed by atoms with Crippen molar-refractivity contribution in [3.8, 4) is 11.4 Å². The summed E-state index contributed by atoms with van der Waals surface area (Å²) >= 11 is 0. The zero-order valence-electron chi connectivity index (χ0n) is 11.3. The summed E-state index contributed by atoms with van der Waals surface area (Å²) in [6.45, 7) is 1.92. The number of aryl methyl sites for hydroxylation is 1. The molecule has 1 aromatic heterocycles. The molecule has 0 radical (unpaired) electrons. The minimum atomic E-state index is -0.284. The molecule has 4 heteroatoms. The largest absolute Gasteiger partial charge is 0.373 e. The van der Waals surface area contributed by atoms with Crippen molar-refractivity contribution in [3.63, 3.8) is 0 Å². The second-order valence-corrected chi connectivity index (χ2v) is 4.62. The molecular formula is C16H14FN3. The third-order valence-corrected chi connectivity index (χ3v) is 3.28. The number of nitrogens with one attached hydrogen (secondary N) is 1. The molecule has 0 aliphatic rings. The van der Waals surface area contributed by atoms with Gasteiger partial charge in [-0.3, -0.25) is 0 Å². The fraction of sp³-hybridized carbons (Fsp3) is 0.125. The van der Waals surface area contributed by atoms with Crippen LogP contribution in [0, 0.1) is 12.7 Å². The van der Waals surface area contributed by atoms with Crippen molar-refractivity contribution < 1.29 is 4.39 Å². The van der Waals surface area contributed by atoms with E-state index in [4.69, 9.17) is 0 Å². The van der Waals surface area contributed by atoms with E-state index < -0.39 is 0 Å². The minimum absolute atomic E-state index is 0.284. The Hall–Kier alpha value is -2.49. The molecule has 20 heavy (non-hydrogen) atoms. The average Bonchev–Trinajstić information content (AvgIpc) is 2.48. The summed E-state index contributed by atoms with van der Waals surface area (Å²) < 4.78 is 13.5. The highest BCUT2D eigenvalue weighted by Gasteiger charge is 2.10. The van der Waals surface area contributed by atoms with Gasteiger partial charge < -0.3 is 5.32 Å². The maximum Gasteiger partial charge on any atom is 0.162 e. The van der Waals surface area contributed by atoms with Crippen LogP contribution in [-0.2, 0) is 0 Å². The summed E-state index contributed by atoms with van der Waals surface area (Å²) in [7, 11) is 1.82. The molecule has 0 atom stereocenters. The number of fused-ring (bicyclic) bond motifs is 1. The quantitative estimate of drug-likeness (QED) is 0.767. The normalized spacial score (nSPS) is 10.8. The molecule has 0 bridgehead atoms. The molecule has 1 heterocycles. The Labute approximate surface area is 116 Å². The fourth-order valence-corrected chi connectivity index (χ4v) is 2.22. The first-order chi connectivity index (χ1) is 9.69. The Kier molecular flexibility index (Phi) is 3.06. The van der Waals surface area contributed by atoms with Gasteiger partial charge >= 0.3 is 0 Å². The fourth-order valence-electron chi connectivity index (χ4n) is 2.22. The molecule has 0 unspecified atom stereocenters. The van der Waals surface area contributed by atoms with Gasteiger partial charge in [0.1, 0.15) is 11.6 Å². The maximum absolute atomic E-state index is 13.5. The third-order valence-electron chi connectivity index (χ3n) is 3.28. The molecule has 0 aliphatic heterocycles. The van der Waals surface area contributed by atoms with E-state index in [2.05, 4.69) is 15.3 Å². The predicted octanol–water partition coefficient (Wildman–Crippen LogP) is 3.79. The number of aromatic nitrogens is 2. The Morgan fingerprint density at radius 1 is 1.05 bits per heavy atom. The van der Waals surface area contributed by atoms with Crippen molar-refractivity contribution in [2.24, 2.45) is 0 Å². The standard InChI is InChI=1S/C16H14FN3/c1-10-7-8-11(17)9-13(10)16-19-14-6-4-3-5-12(14)15(18-2)20-16/h3-9H,1-2H3,(H,18,19,20). The number of halogens is 1. The number of anilines is 1. The topological polar surface area (TPSA) is 37.8 Å². The summed E-state index contributed by atoms with van der Waals surface area (Å²) in [5.74, 6) is 0.993. The lowest BCUT2D eigenvalue weighted by molar-refractivity contribution is 0.628. The van der Waals surface area contributed by atoms with Crippen LogP contribution in [-0.4, -0.2) is 17.0 Å². The molecule has 0 saturated carbocycles. The Bertz CT molecular complexity index is 784.